The molecule has 5 nitrogen and oxygen atoms in total. The lowest BCUT2D eigenvalue weighted by Gasteiger charge is -2.16. The van der Waals surface area contributed by atoms with Crippen LogP contribution in [0.3, 0.4) is 0 Å². The van der Waals surface area contributed by atoms with E-state index in [9.17, 15) is 14.0 Å². The number of hydrogen-bond acceptors (Lipinski definition) is 5. The van der Waals surface area contributed by atoms with Crippen LogP contribution in [0.25, 0.3) is 0 Å². The zero-order valence-electron chi connectivity index (χ0n) is 12.2. The Balaban J connectivity index is 1.82. The van der Waals surface area contributed by atoms with E-state index >= 15 is 0 Å². The molecular formula is C16H13FN2O3S. The van der Waals surface area contributed by atoms with E-state index in [1.807, 2.05) is 6.07 Å². The van der Waals surface area contributed by atoms with Gasteiger partial charge in [-0.15, -0.1) is 0 Å². The molecule has 2 aromatic rings. The highest BCUT2D eigenvalue weighted by atomic mass is 32.2. The first-order valence-electron chi connectivity index (χ1n) is 6.80. The Morgan fingerprint density at radius 2 is 1.83 bits per heavy atom. The molecule has 0 aromatic heterocycles. The van der Waals surface area contributed by atoms with E-state index in [-0.39, 0.29) is 0 Å². The third-order valence-electron chi connectivity index (χ3n) is 3.32. The Morgan fingerprint density at radius 3 is 2.52 bits per heavy atom. The third kappa shape index (κ3) is 3.00. The smallest absolute Gasteiger partial charge is 0.295 e. The van der Waals surface area contributed by atoms with Crippen LogP contribution in [0.4, 0.5) is 20.6 Å². The number of hydrogen-bond donors (Lipinski definition) is 1. The Morgan fingerprint density at radius 1 is 1.13 bits per heavy atom. The molecule has 2 aromatic carbocycles. The number of rotatable bonds is 4. The summed E-state index contributed by atoms with van der Waals surface area (Å²) in [6.07, 6.45) is 0. The number of imide groups is 1. The largest absolute Gasteiger partial charge is 0.495 e. The predicted octanol–water partition coefficient (Wildman–Crippen LogP) is 3.47. The van der Waals surface area contributed by atoms with Gasteiger partial charge in [-0.1, -0.05) is 12.1 Å². The lowest BCUT2D eigenvalue weighted by molar-refractivity contribution is -0.116. The number of amides is 2. The van der Waals surface area contributed by atoms with Crippen molar-refractivity contribution < 1.29 is 18.7 Å². The molecule has 2 amide bonds. The first kappa shape index (κ1) is 15.4. The molecule has 1 aliphatic rings. The Bertz CT molecular complexity index is 751. The number of ether oxygens (including phenoxy) is 1. The van der Waals surface area contributed by atoms with Gasteiger partial charge in [0, 0.05) is 0 Å². The maximum Gasteiger partial charge on any atom is 0.295 e. The van der Waals surface area contributed by atoms with E-state index in [0.717, 1.165) is 16.7 Å². The molecule has 0 bridgehead atoms. The highest BCUT2D eigenvalue weighted by Gasteiger charge is 2.41. The number of thioether (sulfide) groups is 1. The zero-order chi connectivity index (χ0) is 16.4. The average molecular weight is 332 g/mol. The van der Waals surface area contributed by atoms with Crippen molar-refractivity contribution in [2.75, 3.05) is 17.3 Å². The van der Waals surface area contributed by atoms with Gasteiger partial charge in [-0.25, -0.2) is 9.29 Å². The Hall–Kier alpha value is -2.54. The monoisotopic (exact) mass is 332 g/mol. The maximum absolute atomic E-state index is 13.0. The number of methoxy groups -OCH3 is 1. The van der Waals surface area contributed by atoms with Gasteiger partial charge >= 0.3 is 0 Å². The Kier molecular flexibility index (Phi) is 4.20. The van der Waals surface area contributed by atoms with Crippen LogP contribution >= 0.6 is 11.8 Å². The summed E-state index contributed by atoms with van der Waals surface area (Å²) in [4.78, 5) is 25.7. The topological polar surface area (TPSA) is 58.6 Å². The number of carbonyl (C=O) groups is 2. The van der Waals surface area contributed by atoms with Crippen LogP contribution in [0, 0.1) is 5.82 Å². The molecule has 1 fully saturated rings. The molecule has 1 N–H and O–H groups in total. The highest BCUT2D eigenvalue weighted by molar-refractivity contribution is 8.16. The van der Waals surface area contributed by atoms with Crippen molar-refractivity contribution in [3.63, 3.8) is 0 Å². The standard InChI is InChI=1S/C16H13FN2O3S/c1-22-13-5-3-2-4-12(13)18-14-15(20)19(16(21)23-14)11-8-6-10(17)7-9-11/h2-9,14,18H,1H3/t14-/m0/s1. The summed E-state index contributed by atoms with van der Waals surface area (Å²) in [5.41, 5.74) is 0.966. The first-order chi connectivity index (χ1) is 11.1. The van der Waals surface area contributed by atoms with Gasteiger partial charge in [0.05, 0.1) is 18.5 Å². The summed E-state index contributed by atoms with van der Waals surface area (Å²) in [7, 11) is 1.53. The fraction of sp³-hybridized carbons (Fsp3) is 0.125. The lowest BCUT2D eigenvalue weighted by Crippen LogP contribution is -2.34. The van der Waals surface area contributed by atoms with Crippen LogP contribution in [-0.2, 0) is 4.79 Å². The predicted molar refractivity (Wildman–Crippen MR) is 87.3 cm³/mol. The van der Waals surface area contributed by atoms with Gasteiger partial charge in [-0.2, -0.15) is 0 Å². The van der Waals surface area contributed by atoms with Crippen LogP contribution < -0.4 is 15.0 Å². The molecule has 0 aliphatic carbocycles. The molecule has 23 heavy (non-hydrogen) atoms. The van der Waals surface area contributed by atoms with Crippen molar-refractivity contribution in [1.82, 2.24) is 0 Å². The summed E-state index contributed by atoms with van der Waals surface area (Å²) in [6.45, 7) is 0. The lowest BCUT2D eigenvalue weighted by atomic mass is 10.2. The van der Waals surface area contributed by atoms with Crippen LogP contribution in [0.1, 0.15) is 0 Å². The minimum absolute atomic E-state index is 0.346. The van der Waals surface area contributed by atoms with Crippen LogP contribution in [0.5, 0.6) is 5.75 Å². The van der Waals surface area contributed by atoms with Gasteiger partial charge < -0.3 is 10.1 Å². The summed E-state index contributed by atoms with van der Waals surface area (Å²) < 4.78 is 18.2. The molecule has 3 rings (SSSR count). The molecule has 0 saturated carbocycles. The summed E-state index contributed by atoms with van der Waals surface area (Å²) >= 11 is 0.872. The minimum Gasteiger partial charge on any atom is -0.495 e. The number of nitrogens with one attached hydrogen (secondary N) is 1. The Labute approximate surface area is 136 Å². The first-order valence-corrected chi connectivity index (χ1v) is 7.68. The van der Waals surface area contributed by atoms with E-state index in [1.165, 1.54) is 31.4 Å². The van der Waals surface area contributed by atoms with E-state index in [1.54, 1.807) is 18.2 Å². The molecule has 1 heterocycles. The summed E-state index contributed by atoms with van der Waals surface area (Å²) in [5, 5.41) is 1.83. The van der Waals surface area contributed by atoms with E-state index in [0.29, 0.717) is 17.1 Å². The average Bonchev–Trinajstić information content (AvgIpc) is 2.83. The molecule has 7 heteroatoms. The number of benzene rings is 2. The number of halogens is 1. The van der Waals surface area contributed by atoms with Crippen LogP contribution in [0.15, 0.2) is 48.5 Å². The van der Waals surface area contributed by atoms with Gasteiger partial charge in [0.1, 0.15) is 11.6 Å². The summed E-state index contributed by atoms with van der Waals surface area (Å²) in [5.74, 6) is -0.254. The number of carbonyl (C=O) groups excluding carboxylic acids is 2. The van der Waals surface area contributed by atoms with Crippen molar-refractivity contribution in [2.45, 2.75) is 5.37 Å². The van der Waals surface area contributed by atoms with Crippen LogP contribution in [0.2, 0.25) is 0 Å². The van der Waals surface area contributed by atoms with E-state index in [2.05, 4.69) is 5.32 Å². The molecule has 1 aliphatic heterocycles. The molecule has 0 radical (unpaired) electrons. The second kappa shape index (κ2) is 6.29. The van der Waals surface area contributed by atoms with Gasteiger partial charge in [-0.05, 0) is 48.2 Å². The second-order valence-electron chi connectivity index (χ2n) is 4.76. The van der Waals surface area contributed by atoms with Gasteiger partial charge in [0.25, 0.3) is 11.1 Å². The SMILES string of the molecule is COc1ccccc1N[C@H]1SC(=O)N(c2ccc(F)cc2)C1=O. The molecular weight excluding hydrogens is 319 g/mol. The maximum atomic E-state index is 13.0. The zero-order valence-corrected chi connectivity index (χ0v) is 13.0. The van der Waals surface area contributed by atoms with Gasteiger partial charge in [0.15, 0.2) is 5.37 Å². The van der Waals surface area contributed by atoms with Crippen molar-refractivity contribution in [3.8, 4) is 5.75 Å². The van der Waals surface area contributed by atoms with Crippen molar-refractivity contribution in [1.29, 1.82) is 0 Å². The van der Waals surface area contributed by atoms with Crippen molar-refractivity contribution in [3.05, 3.63) is 54.3 Å². The van der Waals surface area contributed by atoms with E-state index in [4.69, 9.17) is 4.74 Å². The number of nitrogens with zero attached hydrogens (tertiary/aromatic N) is 1. The van der Waals surface area contributed by atoms with Gasteiger partial charge in [-0.3, -0.25) is 9.59 Å². The number of anilines is 2. The van der Waals surface area contributed by atoms with Crippen molar-refractivity contribution in [2.24, 2.45) is 0 Å². The number of para-hydroxylation sites is 2. The minimum atomic E-state index is -0.760. The molecule has 1 saturated heterocycles. The van der Waals surface area contributed by atoms with Crippen molar-refractivity contribution >= 4 is 34.3 Å². The molecule has 118 valence electrons. The van der Waals surface area contributed by atoms with Crippen LogP contribution in [-0.4, -0.2) is 23.6 Å². The summed E-state index contributed by atoms with van der Waals surface area (Å²) in [6, 6.07) is 12.3. The molecule has 1 atom stereocenters. The quantitative estimate of drug-likeness (QED) is 0.929. The molecule has 0 unspecified atom stereocenters. The highest BCUT2D eigenvalue weighted by Crippen LogP contribution is 2.34. The fourth-order valence-electron chi connectivity index (χ4n) is 2.23. The van der Waals surface area contributed by atoms with E-state index < -0.39 is 22.3 Å². The normalized spacial score (nSPS) is 17.5. The molecule has 0 spiro atoms. The van der Waals surface area contributed by atoms with Gasteiger partial charge in [0.2, 0.25) is 0 Å². The fourth-order valence-corrected chi connectivity index (χ4v) is 3.12. The third-order valence-corrected chi connectivity index (χ3v) is 4.26. The second-order valence-corrected chi connectivity index (χ2v) is 5.81.